The van der Waals surface area contributed by atoms with E-state index in [9.17, 15) is 19.7 Å². The van der Waals surface area contributed by atoms with E-state index in [1.807, 2.05) is 13.0 Å². The molecule has 1 atom stereocenters. The number of carbonyl (C=O) groups excluding carboxylic acids is 2. The molecule has 2 aromatic rings. The maximum atomic E-state index is 12.3. The first-order chi connectivity index (χ1) is 14.3. The Labute approximate surface area is 173 Å². The van der Waals surface area contributed by atoms with E-state index in [4.69, 9.17) is 14.2 Å². The average Bonchev–Trinajstić information content (AvgIpc) is 2.73. The second-order valence-electron chi connectivity index (χ2n) is 6.01. The van der Waals surface area contributed by atoms with Crippen LogP contribution in [0, 0.1) is 10.1 Å². The highest BCUT2D eigenvalue weighted by atomic mass is 16.6. The average molecular weight is 414 g/mol. The van der Waals surface area contributed by atoms with Gasteiger partial charge < -0.3 is 19.5 Å². The summed E-state index contributed by atoms with van der Waals surface area (Å²) in [7, 11) is 1.37. The molecule has 1 N–H and O–H groups in total. The summed E-state index contributed by atoms with van der Waals surface area (Å²) in [6.45, 7) is 3.69. The van der Waals surface area contributed by atoms with Crippen molar-refractivity contribution < 1.29 is 28.7 Å². The molecule has 9 nitrogen and oxygen atoms in total. The van der Waals surface area contributed by atoms with Crippen molar-refractivity contribution in [3.05, 3.63) is 64.2 Å². The van der Waals surface area contributed by atoms with Crippen molar-refractivity contribution >= 4 is 29.3 Å². The van der Waals surface area contributed by atoms with Gasteiger partial charge in [0.1, 0.15) is 17.2 Å². The molecular weight excluding hydrogens is 392 g/mol. The zero-order valence-corrected chi connectivity index (χ0v) is 16.8. The van der Waals surface area contributed by atoms with Crippen LogP contribution in [0.15, 0.2) is 48.5 Å². The lowest BCUT2D eigenvalue weighted by molar-refractivity contribution is -0.384. The van der Waals surface area contributed by atoms with Gasteiger partial charge in [-0.25, -0.2) is 4.79 Å². The summed E-state index contributed by atoms with van der Waals surface area (Å²) in [4.78, 5) is 34.9. The molecule has 0 fully saturated rings. The van der Waals surface area contributed by atoms with Gasteiger partial charge >= 0.3 is 5.97 Å². The third-order valence-electron chi connectivity index (χ3n) is 3.94. The zero-order valence-electron chi connectivity index (χ0n) is 16.8. The normalized spacial score (nSPS) is 11.6. The third kappa shape index (κ3) is 6.06. The topological polar surface area (TPSA) is 117 Å². The van der Waals surface area contributed by atoms with E-state index in [0.717, 1.165) is 0 Å². The Kier molecular flexibility index (Phi) is 7.92. The van der Waals surface area contributed by atoms with E-state index in [1.165, 1.54) is 44.4 Å². The monoisotopic (exact) mass is 414 g/mol. The van der Waals surface area contributed by atoms with Gasteiger partial charge in [0.25, 0.3) is 11.6 Å². The first-order valence-corrected chi connectivity index (χ1v) is 9.09. The molecule has 0 aliphatic carbocycles. The van der Waals surface area contributed by atoms with Crippen LogP contribution in [0.1, 0.15) is 19.4 Å². The first kappa shape index (κ1) is 22.4. The molecule has 0 bridgehead atoms. The smallest absolute Gasteiger partial charge is 0.331 e. The predicted octanol–water partition coefficient (Wildman–Crippen LogP) is 3.59. The lowest BCUT2D eigenvalue weighted by Crippen LogP contribution is -2.29. The maximum absolute atomic E-state index is 12.3. The van der Waals surface area contributed by atoms with Crippen molar-refractivity contribution in [3.8, 4) is 11.5 Å². The van der Waals surface area contributed by atoms with E-state index in [0.29, 0.717) is 17.9 Å². The molecule has 2 rings (SSSR count). The van der Waals surface area contributed by atoms with Gasteiger partial charge in [0.05, 0.1) is 24.7 Å². The molecule has 0 heterocycles. The molecule has 0 aliphatic rings. The number of esters is 1. The molecule has 0 unspecified atom stereocenters. The van der Waals surface area contributed by atoms with Gasteiger partial charge in [0.15, 0.2) is 6.10 Å². The molecule has 30 heavy (non-hydrogen) atoms. The number of nitro benzene ring substituents is 1. The number of hydrogen-bond donors (Lipinski definition) is 1. The second kappa shape index (κ2) is 10.6. The van der Waals surface area contributed by atoms with Crippen molar-refractivity contribution in [1.29, 1.82) is 0 Å². The number of hydrogen-bond acceptors (Lipinski definition) is 7. The van der Waals surface area contributed by atoms with E-state index in [2.05, 4.69) is 5.32 Å². The van der Waals surface area contributed by atoms with Crippen molar-refractivity contribution in [2.75, 3.05) is 19.0 Å². The number of para-hydroxylation sites is 1. The maximum Gasteiger partial charge on any atom is 0.331 e. The van der Waals surface area contributed by atoms with Crippen LogP contribution >= 0.6 is 0 Å². The van der Waals surface area contributed by atoms with E-state index in [1.54, 1.807) is 18.2 Å². The highest BCUT2D eigenvalue weighted by Crippen LogP contribution is 2.29. The SMILES string of the molecule is CCOc1ccccc1/C=C/C(=O)O[C@@H](C)C(=O)Nc1ccc(OC)cc1[N+](=O)[O-]. The Bertz CT molecular complexity index is 956. The molecular formula is C21H22N2O7. The van der Waals surface area contributed by atoms with Gasteiger partial charge in [-0.2, -0.15) is 0 Å². The predicted molar refractivity (Wildman–Crippen MR) is 110 cm³/mol. The number of carbonyl (C=O) groups is 2. The number of methoxy groups -OCH3 is 1. The molecule has 0 saturated heterocycles. The van der Waals surface area contributed by atoms with Gasteiger partial charge in [-0.15, -0.1) is 0 Å². The van der Waals surface area contributed by atoms with Crippen molar-refractivity contribution in [1.82, 2.24) is 0 Å². The fourth-order valence-electron chi connectivity index (χ4n) is 2.46. The largest absolute Gasteiger partial charge is 0.496 e. The van der Waals surface area contributed by atoms with Crippen LogP contribution in [0.5, 0.6) is 11.5 Å². The number of rotatable bonds is 9. The van der Waals surface area contributed by atoms with Gasteiger partial charge in [0.2, 0.25) is 0 Å². The standard InChI is InChI=1S/C21H22N2O7/c1-4-29-19-8-6-5-7-15(19)9-12-20(24)30-14(2)21(25)22-17-11-10-16(28-3)13-18(17)23(26)27/h5-14H,4H2,1-3H3,(H,22,25)/b12-9+/t14-/m0/s1. The van der Waals surface area contributed by atoms with Crippen LogP contribution in [0.3, 0.4) is 0 Å². The Balaban J connectivity index is 2.02. The Morgan fingerprint density at radius 3 is 2.63 bits per heavy atom. The number of nitro groups is 1. The highest BCUT2D eigenvalue weighted by molar-refractivity contribution is 5.98. The number of ether oxygens (including phenoxy) is 3. The van der Waals surface area contributed by atoms with E-state index < -0.39 is 22.9 Å². The molecule has 0 spiro atoms. The summed E-state index contributed by atoms with van der Waals surface area (Å²) in [6, 6.07) is 11.1. The molecule has 0 aliphatic heterocycles. The summed E-state index contributed by atoms with van der Waals surface area (Å²) < 4.78 is 15.5. The van der Waals surface area contributed by atoms with Gasteiger partial charge in [-0.3, -0.25) is 14.9 Å². The lowest BCUT2D eigenvalue weighted by atomic mass is 10.2. The van der Waals surface area contributed by atoms with Crippen molar-refractivity contribution in [2.45, 2.75) is 20.0 Å². The van der Waals surface area contributed by atoms with Crippen LogP contribution in [0.4, 0.5) is 11.4 Å². The summed E-state index contributed by atoms with van der Waals surface area (Å²) in [5.74, 6) is -0.564. The van der Waals surface area contributed by atoms with Crippen LogP contribution in [0.2, 0.25) is 0 Å². The number of nitrogens with one attached hydrogen (secondary N) is 1. The quantitative estimate of drug-likeness (QED) is 0.288. The Morgan fingerprint density at radius 1 is 1.23 bits per heavy atom. The molecule has 2 aromatic carbocycles. The van der Waals surface area contributed by atoms with Crippen LogP contribution < -0.4 is 14.8 Å². The van der Waals surface area contributed by atoms with Crippen LogP contribution in [-0.2, 0) is 14.3 Å². The first-order valence-electron chi connectivity index (χ1n) is 9.09. The van der Waals surface area contributed by atoms with Crippen LogP contribution in [0.25, 0.3) is 6.08 Å². The minimum absolute atomic E-state index is 0.0325. The molecule has 1 amide bonds. The second-order valence-corrected chi connectivity index (χ2v) is 6.01. The van der Waals surface area contributed by atoms with Crippen molar-refractivity contribution in [2.24, 2.45) is 0 Å². The summed E-state index contributed by atoms with van der Waals surface area (Å²) in [5, 5.41) is 13.6. The third-order valence-corrected chi connectivity index (χ3v) is 3.94. The van der Waals surface area contributed by atoms with Gasteiger partial charge in [-0.05, 0) is 38.1 Å². The van der Waals surface area contributed by atoms with E-state index in [-0.39, 0.29) is 17.1 Å². The zero-order chi connectivity index (χ0) is 22.1. The van der Waals surface area contributed by atoms with E-state index >= 15 is 0 Å². The number of nitrogens with zero attached hydrogens (tertiary/aromatic N) is 1. The Morgan fingerprint density at radius 2 is 1.97 bits per heavy atom. The van der Waals surface area contributed by atoms with Crippen molar-refractivity contribution in [3.63, 3.8) is 0 Å². The summed E-state index contributed by atoms with van der Waals surface area (Å²) in [5.41, 5.74) is 0.311. The Hall–Kier alpha value is -3.88. The fraction of sp³-hybridized carbons (Fsp3) is 0.238. The fourth-order valence-corrected chi connectivity index (χ4v) is 2.46. The number of anilines is 1. The lowest BCUT2D eigenvalue weighted by Gasteiger charge is -2.13. The molecule has 158 valence electrons. The minimum Gasteiger partial charge on any atom is -0.496 e. The molecule has 0 aromatic heterocycles. The summed E-state index contributed by atoms with van der Waals surface area (Å²) >= 11 is 0. The summed E-state index contributed by atoms with van der Waals surface area (Å²) in [6.07, 6.45) is 1.52. The van der Waals surface area contributed by atoms with Gasteiger partial charge in [-0.1, -0.05) is 18.2 Å². The molecule has 9 heteroatoms. The number of benzene rings is 2. The van der Waals surface area contributed by atoms with Gasteiger partial charge in [0, 0.05) is 11.6 Å². The highest BCUT2D eigenvalue weighted by Gasteiger charge is 2.22. The van der Waals surface area contributed by atoms with Crippen LogP contribution in [-0.4, -0.2) is 36.6 Å². The molecule has 0 radical (unpaired) electrons. The molecule has 0 saturated carbocycles. The number of amides is 1. The minimum atomic E-state index is -1.18.